The second-order valence-electron chi connectivity index (χ2n) is 7.97. The summed E-state index contributed by atoms with van der Waals surface area (Å²) in [4.78, 5) is 26.8. The van der Waals surface area contributed by atoms with Gasteiger partial charge < -0.3 is 15.1 Å². The first-order chi connectivity index (χ1) is 14.3. The number of hydrogen-bond acceptors (Lipinski definition) is 4. The van der Waals surface area contributed by atoms with Crippen molar-refractivity contribution in [1.82, 2.24) is 20.2 Å². The summed E-state index contributed by atoms with van der Waals surface area (Å²) in [7, 11) is 0. The molecule has 2 aromatic rings. The maximum absolute atomic E-state index is 12.6. The Morgan fingerprint density at radius 1 is 1.07 bits per heavy atom. The molecule has 1 aromatic heterocycles. The maximum atomic E-state index is 12.6. The van der Waals surface area contributed by atoms with Crippen LogP contribution in [0.15, 0.2) is 30.3 Å². The fourth-order valence-corrected chi connectivity index (χ4v) is 4.14. The first kappa shape index (κ1) is 19.7. The molecule has 0 saturated carbocycles. The summed E-state index contributed by atoms with van der Waals surface area (Å²) < 4.78 is 0. The molecule has 2 amide bonds. The van der Waals surface area contributed by atoms with Crippen LogP contribution in [0.25, 0.3) is 11.4 Å². The molecule has 3 heterocycles. The molecule has 1 aromatic carbocycles. The van der Waals surface area contributed by atoms with Gasteiger partial charge in [0.15, 0.2) is 5.82 Å². The van der Waals surface area contributed by atoms with Crippen LogP contribution in [-0.4, -0.2) is 47.1 Å². The van der Waals surface area contributed by atoms with Crippen molar-refractivity contribution in [2.24, 2.45) is 0 Å². The van der Waals surface area contributed by atoms with Gasteiger partial charge in [-0.2, -0.15) is 0 Å². The van der Waals surface area contributed by atoms with Crippen LogP contribution in [0.1, 0.15) is 50.3 Å². The number of piperidine rings is 1. The molecule has 1 N–H and O–H groups in total. The highest BCUT2D eigenvalue weighted by Crippen LogP contribution is 2.31. The Hall–Kier alpha value is -2.63. The number of rotatable bonds is 5. The van der Waals surface area contributed by atoms with Gasteiger partial charge in [0.1, 0.15) is 5.82 Å². The van der Waals surface area contributed by atoms with Gasteiger partial charge in [-0.25, -0.2) is 14.8 Å². The number of fused-ring (bicyclic) bond motifs is 1. The predicted molar refractivity (Wildman–Crippen MR) is 116 cm³/mol. The highest BCUT2D eigenvalue weighted by Gasteiger charge is 2.28. The van der Waals surface area contributed by atoms with Gasteiger partial charge in [-0.05, 0) is 25.7 Å². The number of anilines is 1. The minimum atomic E-state index is 0.0285. The molecule has 154 valence electrons. The van der Waals surface area contributed by atoms with E-state index >= 15 is 0 Å². The average Bonchev–Trinajstić information content (AvgIpc) is 2.79. The number of nitrogens with zero attached hydrogens (tertiary/aromatic N) is 4. The van der Waals surface area contributed by atoms with Gasteiger partial charge in [0, 0.05) is 43.7 Å². The Morgan fingerprint density at radius 3 is 2.62 bits per heavy atom. The Labute approximate surface area is 173 Å². The summed E-state index contributed by atoms with van der Waals surface area (Å²) in [6.45, 7) is 6.22. The number of unbranched alkanes of at least 4 members (excludes halogenated alkanes) is 1. The molecule has 6 nitrogen and oxygen atoms in total. The van der Waals surface area contributed by atoms with Crippen LogP contribution in [0.3, 0.4) is 0 Å². The molecule has 6 heteroatoms. The number of carbonyl (C=O) groups excluding carboxylic acids is 1. The van der Waals surface area contributed by atoms with Crippen molar-refractivity contribution in [1.29, 1.82) is 0 Å². The Balaban J connectivity index is 1.64. The van der Waals surface area contributed by atoms with E-state index in [-0.39, 0.29) is 6.03 Å². The van der Waals surface area contributed by atoms with E-state index in [0.717, 1.165) is 67.4 Å². The normalized spacial score (nSPS) is 16.4. The average molecular weight is 394 g/mol. The van der Waals surface area contributed by atoms with Gasteiger partial charge >= 0.3 is 6.03 Å². The fourth-order valence-electron chi connectivity index (χ4n) is 4.14. The van der Waals surface area contributed by atoms with Crippen molar-refractivity contribution in [3.63, 3.8) is 0 Å². The number of amides is 2. The molecule has 0 aliphatic carbocycles. The number of nitrogens with one attached hydrogen (secondary N) is 1. The van der Waals surface area contributed by atoms with Gasteiger partial charge in [-0.3, -0.25) is 0 Å². The zero-order chi connectivity index (χ0) is 20.1. The monoisotopic (exact) mass is 393 g/mol. The molecule has 0 spiro atoms. The summed E-state index contributed by atoms with van der Waals surface area (Å²) >= 11 is 0. The fraction of sp³-hybridized carbons (Fsp3) is 0.522. The molecule has 4 rings (SSSR count). The van der Waals surface area contributed by atoms with Crippen LogP contribution in [0.5, 0.6) is 0 Å². The molecule has 0 unspecified atom stereocenters. The zero-order valence-electron chi connectivity index (χ0n) is 17.4. The lowest BCUT2D eigenvalue weighted by Gasteiger charge is -2.34. The molecule has 2 aliphatic heterocycles. The first-order valence-electron chi connectivity index (χ1n) is 11.0. The van der Waals surface area contributed by atoms with Crippen molar-refractivity contribution in [3.8, 4) is 11.4 Å². The van der Waals surface area contributed by atoms with Gasteiger partial charge in [0.05, 0.1) is 12.2 Å². The standard InChI is InChI=1S/C23H31N5O/c1-2-3-13-24-23(29)28-16-12-20-19(17-28)22(27-14-8-5-9-15-27)26-21(25-20)18-10-6-4-7-11-18/h4,6-7,10-11H,2-3,5,8-9,12-17H2,1H3,(H,24,29). The van der Waals surface area contributed by atoms with Crippen molar-refractivity contribution in [3.05, 3.63) is 41.6 Å². The molecule has 1 saturated heterocycles. The van der Waals surface area contributed by atoms with E-state index in [1.807, 2.05) is 23.1 Å². The molecular formula is C23H31N5O. The summed E-state index contributed by atoms with van der Waals surface area (Å²) in [5.74, 6) is 1.82. The smallest absolute Gasteiger partial charge is 0.317 e. The van der Waals surface area contributed by atoms with Crippen LogP contribution in [0.4, 0.5) is 10.6 Å². The van der Waals surface area contributed by atoms with E-state index in [4.69, 9.17) is 9.97 Å². The number of aromatic nitrogens is 2. The van der Waals surface area contributed by atoms with E-state index in [9.17, 15) is 4.79 Å². The SMILES string of the molecule is CCCCNC(=O)N1CCc2nc(-c3ccccc3)nc(N3CCCCC3)c2C1. The molecule has 0 radical (unpaired) electrons. The Kier molecular flexibility index (Phi) is 6.27. The third-order valence-electron chi connectivity index (χ3n) is 5.82. The van der Waals surface area contributed by atoms with Gasteiger partial charge in [0.25, 0.3) is 0 Å². The van der Waals surface area contributed by atoms with Crippen LogP contribution < -0.4 is 10.2 Å². The molecule has 1 fully saturated rings. The molecule has 29 heavy (non-hydrogen) atoms. The lowest BCUT2D eigenvalue weighted by Crippen LogP contribution is -2.44. The number of carbonyl (C=O) groups is 1. The van der Waals surface area contributed by atoms with Crippen molar-refractivity contribution >= 4 is 11.8 Å². The van der Waals surface area contributed by atoms with Crippen LogP contribution in [-0.2, 0) is 13.0 Å². The first-order valence-corrected chi connectivity index (χ1v) is 11.0. The van der Waals surface area contributed by atoms with E-state index in [0.29, 0.717) is 13.1 Å². The largest absolute Gasteiger partial charge is 0.356 e. The second-order valence-corrected chi connectivity index (χ2v) is 7.97. The summed E-state index contributed by atoms with van der Waals surface area (Å²) in [6.07, 6.45) is 6.54. The maximum Gasteiger partial charge on any atom is 0.317 e. The Morgan fingerprint density at radius 2 is 1.86 bits per heavy atom. The number of urea groups is 1. The molecular weight excluding hydrogens is 362 g/mol. The topological polar surface area (TPSA) is 61.4 Å². The second kappa shape index (κ2) is 9.25. The van der Waals surface area contributed by atoms with E-state index in [2.05, 4.69) is 29.3 Å². The number of benzene rings is 1. The van der Waals surface area contributed by atoms with Crippen molar-refractivity contribution in [2.75, 3.05) is 31.1 Å². The summed E-state index contributed by atoms with van der Waals surface area (Å²) in [5.41, 5.74) is 3.27. The van der Waals surface area contributed by atoms with Crippen molar-refractivity contribution < 1.29 is 4.79 Å². The minimum Gasteiger partial charge on any atom is -0.356 e. The van der Waals surface area contributed by atoms with Gasteiger partial charge in [-0.15, -0.1) is 0 Å². The minimum absolute atomic E-state index is 0.0285. The summed E-state index contributed by atoms with van der Waals surface area (Å²) in [5, 5.41) is 3.05. The third kappa shape index (κ3) is 4.52. The van der Waals surface area contributed by atoms with E-state index in [1.54, 1.807) is 0 Å². The van der Waals surface area contributed by atoms with Gasteiger partial charge in [0.2, 0.25) is 0 Å². The predicted octanol–water partition coefficient (Wildman–Crippen LogP) is 4.00. The van der Waals surface area contributed by atoms with Crippen molar-refractivity contribution in [2.45, 2.75) is 52.0 Å². The summed E-state index contributed by atoms with van der Waals surface area (Å²) in [6, 6.07) is 10.2. The molecule has 2 aliphatic rings. The third-order valence-corrected chi connectivity index (χ3v) is 5.82. The highest BCUT2D eigenvalue weighted by atomic mass is 16.2. The van der Waals surface area contributed by atoms with E-state index in [1.165, 1.54) is 19.3 Å². The van der Waals surface area contributed by atoms with E-state index < -0.39 is 0 Å². The van der Waals surface area contributed by atoms with Crippen LogP contribution in [0, 0.1) is 0 Å². The lowest BCUT2D eigenvalue weighted by atomic mass is 10.0. The lowest BCUT2D eigenvalue weighted by molar-refractivity contribution is 0.192. The van der Waals surface area contributed by atoms with Gasteiger partial charge in [-0.1, -0.05) is 43.7 Å². The highest BCUT2D eigenvalue weighted by molar-refractivity contribution is 5.75. The zero-order valence-corrected chi connectivity index (χ0v) is 17.4. The molecule has 0 atom stereocenters. The number of hydrogen-bond donors (Lipinski definition) is 1. The molecule has 0 bridgehead atoms. The quantitative estimate of drug-likeness (QED) is 0.780. The Bertz CT molecular complexity index is 833. The van der Waals surface area contributed by atoms with Crippen LogP contribution in [0.2, 0.25) is 0 Å². The van der Waals surface area contributed by atoms with Crippen LogP contribution >= 0.6 is 0 Å².